The van der Waals surface area contributed by atoms with Crippen LogP contribution < -0.4 is 10.2 Å². The Morgan fingerprint density at radius 2 is 1.85 bits per heavy atom. The Labute approximate surface area is 201 Å². The number of nitrogens with zero attached hydrogens (tertiary/aromatic N) is 1. The number of amides is 2. The number of carboxylic acid groups (broad SMARTS) is 1. The standard InChI is InChI=1S/C22H11Cl2FN2O5S/c23-15-7-10(1-4-13(15)21(30)31)18-6-3-12(32-18)9-14-19(28)26-22(33)27(20(14)29)11-2-5-17(25)16(24)8-11/h1-9H,(H,30,31)(H,26,28,33)/b14-9+. The monoisotopic (exact) mass is 504 g/mol. The predicted molar refractivity (Wildman–Crippen MR) is 124 cm³/mol. The highest BCUT2D eigenvalue weighted by atomic mass is 35.5. The second kappa shape index (κ2) is 8.78. The predicted octanol–water partition coefficient (Wildman–Crippen LogP) is 4.92. The Balaban J connectivity index is 1.66. The van der Waals surface area contributed by atoms with Crippen molar-refractivity contribution in [1.82, 2.24) is 5.32 Å². The summed E-state index contributed by atoms with van der Waals surface area (Å²) in [6.45, 7) is 0. The smallest absolute Gasteiger partial charge is 0.337 e. The summed E-state index contributed by atoms with van der Waals surface area (Å²) in [7, 11) is 0. The van der Waals surface area contributed by atoms with Crippen LogP contribution in [0.15, 0.2) is 58.5 Å². The molecule has 4 rings (SSSR count). The maximum atomic E-state index is 13.5. The van der Waals surface area contributed by atoms with Crippen molar-refractivity contribution in [1.29, 1.82) is 0 Å². The van der Waals surface area contributed by atoms with E-state index < -0.39 is 23.6 Å². The van der Waals surface area contributed by atoms with Gasteiger partial charge in [-0.1, -0.05) is 29.3 Å². The van der Waals surface area contributed by atoms with Crippen molar-refractivity contribution in [2.75, 3.05) is 4.90 Å². The molecule has 0 radical (unpaired) electrons. The van der Waals surface area contributed by atoms with Gasteiger partial charge in [-0.3, -0.25) is 19.8 Å². The van der Waals surface area contributed by atoms with E-state index in [1.54, 1.807) is 6.07 Å². The highest BCUT2D eigenvalue weighted by Gasteiger charge is 2.35. The molecule has 0 atom stereocenters. The van der Waals surface area contributed by atoms with Gasteiger partial charge in [-0.25, -0.2) is 9.18 Å². The third-order valence-electron chi connectivity index (χ3n) is 4.66. The molecule has 1 aromatic heterocycles. The second-order valence-corrected chi connectivity index (χ2v) is 7.96. The maximum Gasteiger partial charge on any atom is 0.337 e. The third kappa shape index (κ3) is 4.38. The molecule has 2 aromatic carbocycles. The first-order valence-electron chi connectivity index (χ1n) is 9.15. The zero-order chi connectivity index (χ0) is 23.9. The Morgan fingerprint density at radius 3 is 2.52 bits per heavy atom. The average Bonchev–Trinajstić information content (AvgIpc) is 3.22. The lowest BCUT2D eigenvalue weighted by atomic mass is 10.1. The van der Waals surface area contributed by atoms with E-state index >= 15 is 0 Å². The third-order valence-corrected chi connectivity index (χ3v) is 5.55. The van der Waals surface area contributed by atoms with Crippen molar-refractivity contribution in [3.05, 3.63) is 81.3 Å². The van der Waals surface area contributed by atoms with Gasteiger partial charge in [-0.05, 0) is 60.8 Å². The molecule has 7 nitrogen and oxygen atoms in total. The summed E-state index contributed by atoms with van der Waals surface area (Å²) in [4.78, 5) is 37.6. The van der Waals surface area contributed by atoms with Crippen molar-refractivity contribution < 1.29 is 28.3 Å². The Hall–Kier alpha value is -3.53. The summed E-state index contributed by atoms with van der Waals surface area (Å²) >= 11 is 16.9. The minimum atomic E-state index is -1.16. The first kappa shape index (κ1) is 22.7. The van der Waals surface area contributed by atoms with Crippen molar-refractivity contribution in [2.45, 2.75) is 0 Å². The molecule has 0 aliphatic carbocycles. The van der Waals surface area contributed by atoms with Crippen LogP contribution in [0.3, 0.4) is 0 Å². The van der Waals surface area contributed by atoms with E-state index in [0.29, 0.717) is 11.3 Å². The Morgan fingerprint density at radius 1 is 1.09 bits per heavy atom. The minimum Gasteiger partial charge on any atom is -0.478 e. The number of benzene rings is 2. The Kier molecular flexibility index (Phi) is 6.03. The molecule has 0 unspecified atom stereocenters. The average molecular weight is 505 g/mol. The number of anilines is 1. The number of hydrogen-bond acceptors (Lipinski definition) is 5. The molecule has 166 valence electrons. The van der Waals surface area contributed by atoms with Crippen LogP contribution in [0.2, 0.25) is 10.0 Å². The van der Waals surface area contributed by atoms with E-state index in [2.05, 4.69) is 5.32 Å². The topological polar surface area (TPSA) is 99.9 Å². The number of carboxylic acids is 1. The van der Waals surface area contributed by atoms with Crippen LogP contribution in [0, 0.1) is 5.82 Å². The van der Waals surface area contributed by atoms with E-state index in [4.69, 9.17) is 44.9 Å². The van der Waals surface area contributed by atoms with Crippen LogP contribution >= 0.6 is 35.4 Å². The molecule has 2 N–H and O–H groups in total. The van der Waals surface area contributed by atoms with Crippen molar-refractivity contribution in [3.63, 3.8) is 0 Å². The van der Waals surface area contributed by atoms with Crippen molar-refractivity contribution >= 4 is 70.1 Å². The second-order valence-electron chi connectivity index (χ2n) is 6.76. The number of furan rings is 1. The summed E-state index contributed by atoms with van der Waals surface area (Å²) in [6, 6.07) is 11.0. The molecule has 0 saturated carbocycles. The van der Waals surface area contributed by atoms with Gasteiger partial charge in [-0.2, -0.15) is 0 Å². The number of thiocarbonyl (C=S) groups is 1. The number of nitrogens with one attached hydrogen (secondary N) is 1. The quantitative estimate of drug-likeness (QED) is 0.297. The summed E-state index contributed by atoms with van der Waals surface area (Å²) in [5.41, 5.74) is 0.341. The molecule has 1 fully saturated rings. The molecule has 0 bridgehead atoms. The lowest BCUT2D eigenvalue weighted by Crippen LogP contribution is -2.54. The molecule has 1 aliphatic rings. The minimum absolute atomic E-state index is 0.0280. The van der Waals surface area contributed by atoms with E-state index in [1.165, 1.54) is 42.5 Å². The first-order chi connectivity index (χ1) is 15.7. The van der Waals surface area contributed by atoms with Crippen LogP contribution in [0.25, 0.3) is 17.4 Å². The van der Waals surface area contributed by atoms with Crippen LogP contribution in [0.1, 0.15) is 16.1 Å². The van der Waals surface area contributed by atoms with E-state index in [1.807, 2.05) is 0 Å². The zero-order valence-corrected chi connectivity index (χ0v) is 18.6. The number of rotatable bonds is 4. The molecule has 11 heteroatoms. The summed E-state index contributed by atoms with van der Waals surface area (Å²) in [5, 5.41) is 11.1. The van der Waals surface area contributed by atoms with Gasteiger partial charge in [0.15, 0.2) is 5.11 Å². The molecule has 2 amide bonds. The highest BCUT2D eigenvalue weighted by Crippen LogP contribution is 2.30. The van der Waals surface area contributed by atoms with Gasteiger partial charge in [0.1, 0.15) is 22.9 Å². The van der Waals surface area contributed by atoms with Gasteiger partial charge in [0, 0.05) is 5.56 Å². The van der Waals surface area contributed by atoms with Crippen molar-refractivity contribution in [2.24, 2.45) is 0 Å². The summed E-state index contributed by atoms with van der Waals surface area (Å²) in [6.07, 6.45) is 1.23. The highest BCUT2D eigenvalue weighted by molar-refractivity contribution is 7.80. The molecule has 33 heavy (non-hydrogen) atoms. The fourth-order valence-corrected chi connectivity index (χ4v) is 3.80. The van der Waals surface area contributed by atoms with E-state index in [-0.39, 0.29) is 37.7 Å². The van der Waals surface area contributed by atoms with Gasteiger partial charge in [0.25, 0.3) is 11.8 Å². The number of carbonyl (C=O) groups is 3. The summed E-state index contributed by atoms with van der Waals surface area (Å²) in [5.74, 6) is -2.81. The zero-order valence-electron chi connectivity index (χ0n) is 16.3. The van der Waals surface area contributed by atoms with Gasteiger partial charge >= 0.3 is 5.97 Å². The lowest BCUT2D eigenvalue weighted by Gasteiger charge is -2.28. The SMILES string of the molecule is O=C1NC(=S)N(c2ccc(F)c(Cl)c2)C(=O)/C1=C/c1ccc(-c2ccc(C(=O)O)c(Cl)c2)o1. The van der Waals surface area contributed by atoms with Crippen LogP contribution in [0.5, 0.6) is 0 Å². The molecule has 0 spiro atoms. The molecule has 1 aliphatic heterocycles. The number of halogens is 3. The molecular formula is C22H11Cl2FN2O5S. The number of aromatic carboxylic acids is 1. The Bertz CT molecular complexity index is 1380. The largest absolute Gasteiger partial charge is 0.478 e. The van der Waals surface area contributed by atoms with Gasteiger partial charge in [-0.15, -0.1) is 0 Å². The maximum absolute atomic E-state index is 13.5. The fourth-order valence-electron chi connectivity index (χ4n) is 3.09. The fraction of sp³-hybridized carbons (Fsp3) is 0. The number of hydrogen-bond donors (Lipinski definition) is 2. The molecule has 1 saturated heterocycles. The number of carbonyl (C=O) groups excluding carboxylic acids is 2. The normalized spacial score (nSPS) is 15.2. The van der Waals surface area contributed by atoms with Gasteiger partial charge in [0.05, 0.1) is 21.3 Å². The van der Waals surface area contributed by atoms with Crippen LogP contribution in [0.4, 0.5) is 10.1 Å². The van der Waals surface area contributed by atoms with Crippen molar-refractivity contribution in [3.8, 4) is 11.3 Å². The van der Waals surface area contributed by atoms with Gasteiger partial charge in [0.2, 0.25) is 0 Å². The van der Waals surface area contributed by atoms with E-state index in [0.717, 1.165) is 11.0 Å². The molecule has 3 aromatic rings. The first-order valence-corrected chi connectivity index (χ1v) is 10.3. The molecule has 2 heterocycles. The lowest BCUT2D eigenvalue weighted by molar-refractivity contribution is -0.122. The molecular weight excluding hydrogens is 494 g/mol. The van der Waals surface area contributed by atoms with Crippen LogP contribution in [-0.4, -0.2) is 28.0 Å². The van der Waals surface area contributed by atoms with Gasteiger partial charge < -0.3 is 9.52 Å². The van der Waals surface area contributed by atoms with Crippen LogP contribution in [-0.2, 0) is 9.59 Å². The van der Waals surface area contributed by atoms with E-state index in [9.17, 15) is 18.8 Å². The summed E-state index contributed by atoms with van der Waals surface area (Å²) < 4.78 is 19.2.